The first-order valence-corrected chi connectivity index (χ1v) is 9.21. The van der Waals surface area contributed by atoms with Crippen LogP contribution in [0.2, 0.25) is 0 Å². The Morgan fingerprint density at radius 2 is 2.00 bits per heavy atom. The summed E-state index contributed by atoms with van der Waals surface area (Å²) in [5.41, 5.74) is 9.18. The number of nitrogens with zero attached hydrogens (tertiary/aromatic N) is 1. The smallest absolute Gasteiger partial charge is 0.0373 e. The maximum absolute atomic E-state index is 3.46. The Kier molecular flexibility index (Phi) is 3.71. The van der Waals surface area contributed by atoms with Gasteiger partial charge in [0.2, 0.25) is 0 Å². The molecule has 1 aromatic carbocycles. The van der Waals surface area contributed by atoms with E-state index in [4.69, 9.17) is 0 Å². The van der Waals surface area contributed by atoms with Crippen LogP contribution in [0.3, 0.4) is 0 Å². The first-order chi connectivity index (χ1) is 11.1. The molecule has 2 heterocycles. The molecule has 4 rings (SSSR count). The second kappa shape index (κ2) is 5.74. The van der Waals surface area contributed by atoms with Crippen LogP contribution >= 0.6 is 0 Å². The average Bonchev–Trinajstić information content (AvgIpc) is 3.22. The minimum atomic E-state index is 0.568. The van der Waals surface area contributed by atoms with E-state index in [0.717, 1.165) is 13.1 Å². The van der Waals surface area contributed by atoms with Crippen LogP contribution in [-0.2, 0) is 25.8 Å². The van der Waals surface area contributed by atoms with Crippen molar-refractivity contribution in [2.24, 2.45) is 0 Å². The van der Waals surface area contributed by atoms with Gasteiger partial charge in [-0.05, 0) is 65.8 Å². The Labute approximate surface area is 139 Å². The number of hydrogen-bond acceptors (Lipinski definition) is 1. The van der Waals surface area contributed by atoms with E-state index in [1.165, 1.54) is 42.5 Å². The quantitative estimate of drug-likeness (QED) is 0.852. The van der Waals surface area contributed by atoms with Crippen molar-refractivity contribution in [1.29, 1.82) is 0 Å². The highest BCUT2D eigenvalue weighted by molar-refractivity contribution is 5.56. The highest BCUT2D eigenvalue weighted by Crippen LogP contribution is 2.34. The summed E-state index contributed by atoms with van der Waals surface area (Å²) in [5, 5.41) is 3.46. The van der Waals surface area contributed by atoms with E-state index in [1.807, 2.05) is 0 Å². The highest BCUT2D eigenvalue weighted by atomic mass is 15.0. The number of anilines is 1. The van der Waals surface area contributed by atoms with Crippen molar-refractivity contribution in [3.8, 4) is 0 Å². The van der Waals surface area contributed by atoms with Gasteiger partial charge in [-0.3, -0.25) is 0 Å². The molecule has 0 bridgehead atoms. The minimum absolute atomic E-state index is 0.568. The number of aromatic nitrogens is 1. The Hall–Kier alpha value is -1.70. The fraction of sp³-hybridized carbons (Fsp3) is 0.524. The molecule has 2 heteroatoms. The Morgan fingerprint density at radius 3 is 2.83 bits per heavy atom. The van der Waals surface area contributed by atoms with Crippen molar-refractivity contribution in [2.45, 2.75) is 64.8 Å². The third kappa shape index (κ3) is 2.58. The third-order valence-corrected chi connectivity index (χ3v) is 5.68. The molecule has 2 aliphatic rings. The SMILES string of the molecule is CC(C)c1cn(CC(C)c2ccc3c(c2)CCN3)c2c1CCC2. The van der Waals surface area contributed by atoms with Crippen LogP contribution in [-0.4, -0.2) is 11.1 Å². The second-order valence-electron chi connectivity index (χ2n) is 7.66. The summed E-state index contributed by atoms with van der Waals surface area (Å²) in [6.07, 6.45) is 7.51. The van der Waals surface area contributed by atoms with Crippen molar-refractivity contribution in [3.05, 3.63) is 52.3 Å². The van der Waals surface area contributed by atoms with Crippen LogP contribution in [0.1, 0.15) is 67.0 Å². The van der Waals surface area contributed by atoms with Crippen LogP contribution < -0.4 is 5.32 Å². The van der Waals surface area contributed by atoms with Gasteiger partial charge in [0.15, 0.2) is 0 Å². The Balaban J connectivity index is 1.60. The largest absolute Gasteiger partial charge is 0.384 e. The molecule has 2 nitrogen and oxygen atoms in total. The molecule has 0 radical (unpaired) electrons. The summed E-state index contributed by atoms with van der Waals surface area (Å²) >= 11 is 0. The number of rotatable bonds is 4. The fourth-order valence-electron chi connectivity index (χ4n) is 4.37. The molecule has 122 valence electrons. The van der Waals surface area contributed by atoms with E-state index in [0.29, 0.717) is 11.8 Å². The van der Waals surface area contributed by atoms with Gasteiger partial charge in [-0.1, -0.05) is 32.9 Å². The summed E-state index contributed by atoms with van der Waals surface area (Å²) in [6, 6.07) is 7.01. The van der Waals surface area contributed by atoms with Crippen LogP contribution in [0.25, 0.3) is 0 Å². The molecule has 1 atom stereocenters. The molecule has 1 N–H and O–H groups in total. The molecule has 0 saturated heterocycles. The zero-order chi connectivity index (χ0) is 16.0. The van der Waals surface area contributed by atoms with Gasteiger partial charge >= 0.3 is 0 Å². The molecule has 0 amide bonds. The molecule has 1 aromatic heterocycles. The molecule has 1 aliphatic carbocycles. The lowest BCUT2D eigenvalue weighted by Gasteiger charge is -2.16. The van der Waals surface area contributed by atoms with E-state index >= 15 is 0 Å². The molecule has 0 spiro atoms. The molecule has 1 aliphatic heterocycles. The van der Waals surface area contributed by atoms with Gasteiger partial charge < -0.3 is 9.88 Å². The van der Waals surface area contributed by atoms with Gasteiger partial charge in [0.05, 0.1) is 0 Å². The molecular formula is C21H28N2. The summed E-state index contributed by atoms with van der Waals surface area (Å²) in [6.45, 7) is 9.24. The lowest BCUT2D eigenvalue weighted by molar-refractivity contribution is 0.578. The number of nitrogens with one attached hydrogen (secondary N) is 1. The lowest BCUT2D eigenvalue weighted by atomic mass is 9.98. The average molecular weight is 308 g/mol. The molecule has 0 saturated carbocycles. The first kappa shape index (κ1) is 14.9. The molecule has 2 aromatic rings. The molecule has 1 unspecified atom stereocenters. The van der Waals surface area contributed by atoms with Gasteiger partial charge in [-0.2, -0.15) is 0 Å². The minimum Gasteiger partial charge on any atom is -0.384 e. The summed E-state index contributed by atoms with van der Waals surface area (Å²) < 4.78 is 2.56. The zero-order valence-electron chi connectivity index (χ0n) is 14.7. The topological polar surface area (TPSA) is 17.0 Å². The van der Waals surface area contributed by atoms with Gasteiger partial charge in [-0.25, -0.2) is 0 Å². The van der Waals surface area contributed by atoms with E-state index < -0.39 is 0 Å². The standard InChI is InChI=1S/C21H28N2/c1-14(2)19-13-23(21-6-4-5-18(19)21)12-15(3)16-7-8-20-17(11-16)9-10-22-20/h7-8,11,13-15,22H,4-6,9-10,12H2,1-3H3. The van der Waals surface area contributed by atoms with Gasteiger partial charge in [-0.15, -0.1) is 0 Å². The summed E-state index contributed by atoms with van der Waals surface area (Å²) in [4.78, 5) is 0. The number of benzene rings is 1. The third-order valence-electron chi connectivity index (χ3n) is 5.68. The predicted molar refractivity (Wildman–Crippen MR) is 97.6 cm³/mol. The molecular weight excluding hydrogens is 280 g/mol. The van der Waals surface area contributed by atoms with Crippen molar-refractivity contribution in [2.75, 3.05) is 11.9 Å². The van der Waals surface area contributed by atoms with Crippen LogP contribution in [0.15, 0.2) is 24.4 Å². The van der Waals surface area contributed by atoms with Gasteiger partial charge in [0, 0.05) is 30.7 Å². The monoisotopic (exact) mass is 308 g/mol. The molecule has 23 heavy (non-hydrogen) atoms. The normalized spacial score (nSPS) is 17.2. The van der Waals surface area contributed by atoms with Crippen molar-refractivity contribution in [1.82, 2.24) is 4.57 Å². The van der Waals surface area contributed by atoms with Crippen LogP contribution in [0.4, 0.5) is 5.69 Å². The highest BCUT2D eigenvalue weighted by Gasteiger charge is 2.23. The fourth-order valence-corrected chi connectivity index (χ4v) is 4.37. The van der Waals surface area contributed by atoms with Gasteiger partial charge in [0.25, 0.3) is 0 Å². The van der Waals surface area contributed by atoms with E-state index in [-0.39, 0.29) is 0 Å². The number of hydrogen-bond donors (Lipinski definition) is 1. The van der Waals surface area contributed by atoms with E-state index in [2.05, 4.69) is 55.1 Å². The van der Waals surface area contributed by atoms with Crippen LogP contribution in [0, 0.1) is 0 Å². The van der Waals surface area contributed by atoms with Crippen molar-refractivity contribution in [3.63, 3.8) is 0 Å². The first-order valence-electron chi connectivity index (χ1n) is 9.21. The predicted octanol–water partition coefficient (Wildman–Crippen LogP) is 4.87. The maximum Gasteiger partial charge on any atom is 0.0373 e. The number of fused-ring (bicyclic) bond motifs is 2. The molecule has 0 fully saturated rings. The Morgan fingerprint density at radius 1 is 1.13 bits per heavy atom. The zero-order valence-corrected chi connectivity index (χ0v) is 14.7. The van der Waals surface area contributed by atoms with Crippen molar-refractivity contribution < 1.29 is 0 Å². The maximum atomic E-state index is 3.46. The van der Waals surface area contributed by atoms with Crippen LogP contribution in [0.5, 0.6) is 0 Å². The van der Waals surface area contributed by atoms with E-state index in [9.17, 15) is 0 Å². The second-order valence-corrected chi connectivity index (χ2v) is 7.66. The summed E-state index contributed by atoms with van der Waals surface area (Å²) in [7, 11) is 0. The summed E-state index contributed by atoms with van der Waals surface area (Å²) in [5.74, 6) is 1.21. The lowest BCUT2D eigenvalue weighted by Crippen LogP contribution is -2.08. The Bertz CT molecular complexity index is 724. The van der Waals surface area contributed by atoms with Crippen molar-refractivity contribution >= 4 is 5.69 Å². The van der Waals surface area contributed by atoms with E-state index in [1.54, 1.807) is 16.8 Å². The van der Waals surface area contributed by atoms with Gasteiger partial charge in [0.1, 0.15) is 0 Å².